The summed E-state index contributed by atoms with van der Waals surface area (Å²) in [5, 5.41) is 10.2. The number of amides is 1. The van der Waals surface area contributed by atoms with E-state index in [0.717, 1.165) is 6.07 Å². The van der Waals surface area contributed by atoms with Gasteiger partial charge in [0.2, 0.25) is 0 Å². The summed E-state index contributed by atoms with van der Waals surface area (Å²) >= 11 is 0. The predicted molar refractivity (Wildman–Crippen MR) is 88.1 cm³/mol. The van der Waals surface area contributed by atoms with E-state index in [4.69, 9.17) is 4.74 Å². The number of halogens is 2. The van der Waals surface area contributed by atoms with Crippen LogP contribution >= 0.6 is 0 Å². The highest BCUT2D eigenvalue weighted by Gasteiger charge is 2.21. The SMILES string of the molecule is O=C(NCC1COC1)c1n[nH]c2ccc(-c3cccc(F)c3F)cc12. The zero-order valence-electron chi connectivity index (χ0n) is 13.2. The van der Waals surface area contributed by atoms with Gasteiger partial charge in [-0.1, -0.05) is 18.2 Å². The molecule has 1 aliphatic heterocycles. The van der Waals surface area contributed by atoms with E-state index in [1.807, 2.05) is 0 Å². The Bertz CT molecular complexity index is 951. The molecule has 2 aromatic carbocycles. The predicted octanol–water partition coefficient (Wildman–Crippen LogP) is 2.88. The molecular weight excluding hydrogens is 328 g/mol. The summed E-state index contributed by atoms with van der Waals surface area (Å²) in [5.74, 6) is -1.81. The second-order valence-electron chi connectivity index (χ2n) is 6.05. The lowest BCUT2D eigenvalue weighted by atomic mass is 10.0. The Morgan fingerprint density at radius 3 is 2.88 bits per heavy atom. The average Bonchev–Trinajstić information content (AvgIpc) is 2.99. The second kappa shape index (κ2) is 6.25. The zero-order valence-corrected chi connectivity index (χ0v) is 13.2. The molecule has 1 aliphatic rings. The molecule has 4 rings (SSSR count). The maximum atomic E-state index is 14.0. The average molecular weight is 343 g/mol. The largest absolute Gasteiger partial charge is 0.381 e. The van der Waals surface area contributed by atoms with E-state index in [1.54, 1.807) is 18.2 Å². The third-order valence-corrected chi connectivity index (χ3v) is 4.30. The molecule has 25 heavy (non-hydrogen) atoms. The van der Waals surface area contributed by atoms with Gasteiger partial charge in [0, 0.05) is 23.4 Å². The van der Waals surface area contributed by atoms with E-state index >= 15 is 0 Å². The molecule has 2 heterocycles. The van der Waals surface area contributed by atoms with E-state index in [2.05, 4.69) is 15.5 Å². The van der Waals surface area contributed by atoms with Gasteiger partial charge in [-0.15, -0.1) is 0 Å². The van der Waals surface area contributed by atoms with Crippen LogP contribution in [0.1, 0.15) is 10.5 Å². The summed E-state index contributed by atoms with van der Waals surface area (Å²) in [6.07, 6.45) is 0. The van der Waals surface area contributed by atoms with Crippen molar-refractivity contribution < 1.29 is 18.3 Å². The van der Waals surface area contributed by atoms with Gasteiger partial charge in [0.1, 0.15) is 0 Å². The van der Waals surface area contributed by atoms with Crippen molar-refractivity contribution in [3.63, 3.8) is 0 Å². The van der Waals surface area contributed by atoms with E-state index < -0.39 is 11.6 Å². The zero-order chi connectivity index (χ0) is 17.4. The molecule has 1 saturated heterocycles. The minimum atomic E-state index is -0.915. The van der Waals surface area contributed by atoms with Gasteiger partial charge in [0.25, 0.3) is 5.91 Å². The molecule has 1 aromatic heterocycles. The lowest BCUT2D eigenvalue weighted by molar-refractivity contribution is -0.0298. The quantitative estimate of drug-likeness (QED) is 0.765. The summed E-state index contributed by atoms with van der Waals surface area (Å²) in [5.41, 5.74) is 1.50. The van der Waals surface area contributed by atoms with Crippen LogP contribution in [-0.4, -0.2) is 35.9 Å². The molecule has 0 atom stereocenters. The number of carbonyl (C=O) groups is 1. The first-order valence-electron chi connectivity index (χ1n) is 7.92. The number of H-pyrrole nitrogens is 1. The topological polar surface area (TPSA) is 67.0 Å². The Balaban J connectivity index is 1.67. The second-order valence-corrected chi connectivity index (χ2v) is 6.05. The van der Waals surface area contributed by atoms with E-state index in [1.165, 1.54) is 12.1 Å². The first-order chi connectivity index (χ1) is 12.1. The number of benzene rings is 2. The number of rotatable bonds is 4. The van der Waals surface area contributed by atoms with Crippen LogP contribution in [0.5, 0.6) is 0 Å². The standard InChI is InChI=1S/C18H15F2N3O2/c19-14-3-1-2-12(16(14)20)11-4-5-15-13(6-11)17(23-22-15)18(24)21-7-10-8-25-9-10/h1-6,10H,7-9H2,(H,21,24)(H,22,23). The molecular formula is C18H15F2N3O2. The van der Waals surface area contributed by atoms with Gasteiger partial charge in [-0.2, -0.15) is 5.10 Å². The molecule has 1 fully saturated rings. The number of nitrogens with zero attached hydrogens (tertiary/aromatic N) is 1. The Morgan fingerprint density at radius 1 is 1.28 bits per heavy atom. The fourth-order valence-electron chi connectivity index (χ4n) is 2.80. The Kier molecular flexibility index (Phi) is 3.93. The number of nitrogens with one attached hydrogen (secondary N) is 2. The monoisotopic (exact) mass is 343 g/mol. The minimum absolute atomic E-state index is 0.140. The Morgan fingerprint density at radius 2 is 2.12 bits per heavy atom. The third-order valence-electron chi connectivity index (χ3n) is 4.30. The van der Waals surface area contributed by atoms with Crippen molar-refractivity contribution in [3.8, 4) is 11.1 Å². The number of ether oxygens (including phenoxy) is 1. The Labute approximate surface area is 142 Å². The van der Waals surface area contributed by atoms with E-state index in [-0.39, 0.29) is 17.2 Å². The van der Waals surface area contributed by atoms with Gasteiger partial charge < -0.3 is 10.1 Å². The van der Waals surface area contributed by atoms with Gasteiger partial charge in [-0.3, -0.25) is 9.89 Å². The summed E-state index contributed by atoms with van der Waals surface area (Å²) in [6.45, 7) is 1.81. The minimum Gasteiger partial charge on any atom is -0.381 e. The molecule has 0 aliphatic carbocycles. The molecule has 5 nitrogen and oxygen atoms in total. The van der Waals surface area contributed by atoms with E-state index in [0.29, 0.717) is 42.1 Å². The number of aromatic nitrogens is 2. The van der Waals surface area contributed by atoms with Crippen LogP contribution in [0.4, 0.5) is 8.78 Å². The highest BCUT2D eigenvalue weighted by Crippen LogP contribution is 2.28. The number of carbonyl (C=O) groups excluding carboxylic acids is 1. The fraction of sp³-hybridized carbons (Fsp3) is 0.222. The summed E-state index contributed by atoms with van der Waals surface area (Å²) < 4.78 is 32.6. The van der Waals surface area contributed by atoms with Crippen LogP contribution in [0.15, 0.2) is 36.4 Å². The molecule has 3 aromatic rings. The molecule has 2 N–H and O–H groups in total. The third kappa shape index (κ3) is 2.87. The summed E-state index contributed by atoms with van der Waals surface area (Å²) in [4.78, 5) is 12.4. The molecule has 0 unspecified atom stereocenters. The first kappa shape index (κ1) is 15.7. The van der Waals surface area contributed by atoms with Crippen LogP contribution in [0.3, 0.4) is 0 Å². The number of fused-ring (bicyclic) bond motifs is 1. The first-order valence-corrected chi connectivity index (χ1v) is 7.92. The highest BCUT2D eigenvalue weighted by atomic mass is 19.2. The van der Waals surface area contributed by atoms with Gasteiger partial charge >= 0.3 is 0 Å². The van der Waals surface area contributed by atoms with Gasteiger partial charge in [-0.05, 0) is 23.8 Å². The van der Waals surface area contributed by atoms with Crippen LogP contribution in [0, 0.1) is 17.6 Å². The van der Waals surface area contributed by atoms with Crippen molar-refractivity contribution in [1.29, 1.82) is 0 Å². The lowest BCUT2D eigenvalue weighted by Crippen LogP contribution is -2.39. The maximum Gasteiger partial charge on any atom is 0.272 e. The van der Waals surface area contributed by atoms with Crippen LogP contribution < -0.4 is 5.32 Å². The van der Waals surface area contributed by atoms with Crippen molar-refractivity contribution in [1.82, 2.24) is 15.5 Å². The van der Waals surface area contributed by atoms with Crippen LogP contribution in [0.25, 0.3) is 22.0 Å². The molecule has 0 bridgehead atoms. The Hall–Kier alpha value is -2.80. The van der Waals surface area contributed by atoms with Crippen molar-refractivity contribution in [3.05, 3.63) is 53.7 Å². The van der Waals surface area contributed by atoms with E-state index in [9.17, 15) is 13.6 Å². The van der Waals surface area contributed by atoms with Gasteiger partial charge in [0.15, 0.2) is 17.3 Å². The van der Waals surface area contributed by atoms with Crippen molar-refractivity contribution in [2.45, 2.75) is 0 Å². The molecule has 1 amide bonds. The molecule has 0 spiro atoms. The number of hydrogen-bond donors (Lipinski definition) is 2. The number of hydrogen-bond acceptors (Lipinski definition) is 3. The number of aromatic amines is 1. The van der Waals surface area contributed by atoms with Crippen LogP contribution in [0.2, 0.25) is 0 Å². The van der Waals surface area contributed by atoms with Gasteiger partial charge in [-0.25, -0.2) is 8.78 Å². The summed E-state index contributed by atoms with van der Waals surface area (Å²) in [7, 11) is 0. The molecule has 7 heteroatoms. The molecule has 128 valence electrons. The summed E-state index contributed by atoms with van der Waals surface area (Å²) in [6, 6.07) is 9.00. The normalized spacial score (nSPS) is 14.5. The van der Waals surface area contributed by atoms with Crippen molar-refractivity contribution >= 4 is 16.8 Å². The fourth-order valence-corrected chi connectivity index (χ4v) is 2.80. The smallest absolute Gasteiger partial charge is 0.272 e. The van der Waals surface area contributed by atoms with Crippen molar-refractivity contribution in [2.75, 3.05) is 19.8 Å². The highest BCUT2D eigenvalue weighted by molar-refractivity contribution is 6.05. The molecule has 0 saturated carbocycles. The van der Waals surface area contributed by atoms with Crippen LogP contribution in [-0.2, 0) is 4.74 Å². The van der Waals surface area contributed by atoms with Crippen molar-refractivity contribution in [2.24, 2.45) is 5.92 Å². The molecule has 0 radical (unpaired) electrons. The van der Waals surface area contributed by atoms with Gasteiger partial charge in [0.05, 0.1) is 18.7 Å². The maximum absolute atomic E-state index is 14.0. The lowest BCUT2D eigenvalue weighted by Gasteiger charge is -2.25.